The molecule has 2 aromatic rings. The van der Waals surface area contributed by atoms with E-state index in [9.17, 15) is 18.0 Å². The second-order valence-corrected chi connectivity index (χ2v) is 12.6. The van der Waals surface area contributed by atoms with E-state index in [1.165, 1.54) is 6.07 Å². The van der Waals surface area contributed by atoms with Crippen LogP contribution in [-0.2, 0) is 24.5 Å². The maximum atomic E-state index is 12.7. The Balaban J connectivity index is 1.18. The van der Waals surface area contributed by atoms with E-state index in [4.69, 9.17) is 25.6 Å². The topological polar surface area (TPSA) is 118 Å². The van der Waals surface area contributed by atoms with E-state index in [1.54, 1.807) is 28.4 Å². The number of oxime groups is 1. The van der Waals surface area contributed by atoms with Gasteiger partial charge < -0.3 is 18.8 Å². The van der Waals surface area contributed by atoms with Crippen LogP contribution >= 0.6 is 22.9 Å². The van der Waals surface area contributed by atoms with Gasteiger partial charge in [-0.05, 0) is 37.8 Å². The maximum Gasteiger partial charge on any atom is 0.306 e. The van der Waals surface area contributed by atoms with Gasteiger partial charge in [-0.15, -0.1) is 11.3 Å². The van der Waals surface area contributed by atoms with Gasteiger partial charge in [-0.2, -0.15) is 8.42 Å². The Morgan fingerprint density at radius 1 is 1.24 bits per heavy atom. The van der Waals surface area contributed by atoms with Crippen molar-refractivity contribution in [2.45, 2.75) is 50.5 Å². The van der Waals surface area contributed by atoms with Gasteiger partial charge in [0.05, 0.1) is 34.1 Å². The smallest absolute Gasteiger partial charge is 0.306 e. The molecule has 1 atom stereocenters. The fourth-order valence-electron chi connectivity index (χ4n) is 5.02. The minimum absolute atomic E-state index is 0.0147. The van der Waals surface area contributed by atoms with Crippen LogP contribution in [0.1, 0.15) is 66.8 Å². The molecule has 0 aliphatic carbocycles. The molecule has 204 valence electrons. The summed E-state index contributed by atoms with van der Waals surface area (Å²) in [6, 6.07) is 4.80. The molecule has 2 fully saturated rings. The molecule has 1 unspecified atom stereocenters. The molecular formula is C25H29ClN4O6S2. The zero-order valence-electron chi connectivity index (χ0n) is 21.0. The van der Waals surface area contributed by atoms with Crippen LogP contribution in [0.4, 0.5) is 0 Å². The molecule has 4 heterocycles. The van der Waals surface area contributed by atoms with E-state index in [-0.39, 0.29) is 30.0 Å². The van der Waals surface area contributed by atoms with Crippen molar-refractivity contribution in [2.24, 2.45) is 5.16 Å². The molecule has 3 aliphatic heterocycles. The number of thiazole rings is 1. The lowest BCUT2D eigenvalue weighted by Crippen LogP contribution is -2.46. The Hall–Kier alpha value is -2.70. The van der Waals surface area contributed by atoms with E-state index in [2.05, 4.69) is 5.16 Å². The van der Waals surface area contributed by atoms with Crippen LogP contribution in [-0.4, -0.2) is 73.2 Å². The van der Waals surface area contributed by atoms with Gasteiger partial charge in [-0.3, -0.25) is 9.59 Å². The number of benzene rings is 1. The van der Waals surface area contributed by atoms with Crippen LogP contribution in [0.25, 0.3) is 0 Å². The molecule has 0 spiro atoms. The first-order chi connectivity index (χ1) is 18.2. The highest BCUT2D eigenvalue weighted by Gasteiger charge is 2.32. The molecule has 0 saturated carbocycles. The highest BCUT2D eigenvalue weighted by atomic mass is 35.5. The number of hydrogen-bond donors (Lipinski definition) is 0. The predicted octanol–water partition coefficient (Wildman–Crippen LogP) is 3.72. The second-order valence-electron chi connectivity index (χ2n) is 9.77. The second kappa shape index (κ2) is 11.2. The first-order valence-corrected chi connectivity index (χ1v) is 15.7. The van der Waals surface area contributed by atoms with Crippen molar-refractivity contribution in [3.05, 3.63) is 44.9 Å². The Morgan fingerprint density at radius 2 is 2.03 bits per heavy atom. The largest absolute Gasteiger partial charge is 0.387 e. The maximum absolute atomic E-state index is 12.7. The van der Waals surface area contributed by atoms with Gasteiger partial charge in [0.15, 0.2) is 11.9 Å². The number of nitrogens with zero attached hydrogens (tertiary/aromatic N) is 4. The molecule has 1 aromatic carbocycles. The molecule has 0 N–H and O–H groups in total. The number of halogens is 1. The average molecular weight is 581 g/mol. The van der Waals surface area contributed by atoms with E-state index < -0.39 is 16.2 Å². The van der Waals surface area contributed by atoms with Crippen LogP contribution in [0.2, 0.25) is 5.02 Å². The van der Waals surface area contributed by atoms with Crippen molar-refractivity contribution in [3.8, 4) is 5.75 Å². The highest BCUT2D eigenvalue weighted by molar-refractivity contribution is 7.86. The predicted molar refractivity (Wildman–Crippen MR) is 143 cm³/mol. The molecular weight excluding hydrogens is 552 g/mol. The average Bonchev–Trinajstić information content (AvgIpc) is 3.55. The van der Waals surface area contributed by atoms with Gasteiger partial charge >= 0.3 is 10.1 Å². The van der Waals surface area contributed by atoms with E-state index in [1.807, 2.05) is 10.3 Å². The highest BCUT2D eigenvalue weighted by Crippen LogP contribution is 2.40. The van der Waals surface area contributed by atoms with Crippen molar-refractivity contribution in [3.63, 3.8) is 0 Å². The third kappa shape index (κ3) is 6.13. The van der Waals surface area contributed by atoms with Crippen molar-refractivity contribution < 1.29 is 27.0 Å². The van der Waals surface area contributed by atoms with Crippen LogP contribution < -0.4 is 4.18 Å². The Kier molecular flexibility index (Phi) is 7.92. The SMILES string of the molecule is CS(=O)(=O)Oc1cccc(Cl)c1C1CC(c2csc(C3CCN(C(=O)CN4CCCCC4=O)CC3)n2)=NO1. The van der Waals surface area contributed by atoms with Gasteiger partial charge in [-0.1, -0.05) is 22.8 Å². The normalized spacial score (nSPS) is 20.8. The number of rotatable bonds is 7. The summed E-state index contributed by atoms with van der Waals surface area (Å²) < 4.78 is 28.5. The molecule has 10 nitrogen and oxygen atoms in total. The minimum atomic E-state index is -3.74. The van der Waals surface area contributed by atoms with Crippen LogP contribution in [0.5, 0.6) is 5.75 Å². The Labute approximate surface area is 230 Å². The van der Waals surface area contributed by atoms with Gasteiger partial charge in [-0.25, -0.2) is 4.98 Å². The van der Waals surface area contributed by atoms with Gasteiger partial charge in [0.1, 0.15) is 5.71 Å². The lowest BCUT2D eigenvalue weighted by Gasteiger charge is -2.34. The number of carbonyl (C=O) groups excluding carboxylic acids is 2. The quantitative estimate of drug-likeness (QED) is 0.458. The standard InChI is InChI=1S/C25H29ClN4O6S2/c1-38(33,34)36-20-6-4-5-17(26)24(20)21-13-18(28-35-21)19-15-37-25(27-19)16-8-11-29(12-9-16)23(32)14-30-10-3-2-7-22(30)31/h4-6,15-16,21H,2-3,7-14H2,1H3. The third-order valence-electron chi connectivity index (χ3n) is 7.01. The van der Waals surface area contributed by atoms with Crippen molar-refractivity contribution in [2.75, 3.05) is 32.4 Å². The summed E-state index contributed by atoms with van der Waals surface area (Å²) in [5.74, 6) is 0.447. The van der Waals surface area contributed by atoms with Gasteiger partial charge in [0.2, 0.25) is 11.8 Å². The zero-order valence-corrected chi connectivity index (χ0v) is 23.4. The number of hydrogen-bond acceptors (Lipinski definition) is 9. The fourth-order valence-corrected chi connectivity index (χ4v) is 6.78. The summed E-state index contributed by atoms with van der Waals surface area (Å²) in [7, 11) is -3.74. The Bertz CT molecular complexity index is 1350. The molecule has 2 amide bonds. The molecule has 5 rings (SSSR count). The van der Waals surface area contributed by atoms with Crippen LogP contribution in [0.15, 0.2) is 28.7 Å². The molecule has 13 heteroatoms. The lowest BCUT2D eigenvalue weighted by molar-refractivity contribution is -0.142. The molecule has 0 radical (unpaired) electrons. The number of carbonyl (C=O) groups is 2. The van der Waals surface area contributed by atoms with Crippen molar-refractivity contribution in [1.82, 2.24) is 14.8 Å². The summed E-state index contributed by atoms with van der Waals surface area (Å²) in [6.45, 7) is 2.12. The van der Waals surface area contributed by atoms with Crippen LogP contribution in [0, 0.1) is 0 Å². The summed E-state index contributed by atoms with van der Waals surface area (Å²) >= 11 is 7.93. The minimum Gasteiger partial charge on any atom is -0.387 e. The number of likely N-dealkylation sites (tertiary alicyclic amines) is 2. The van der Waals surface area contributed by atoms with E-state index >= 15 is 0 Å². The fraction of sp³-hybridized carbons (Fsp3) is 0.520. The molecule has 1 aromatic heterocycles. The van der Waals surface area contributed by atoms with Crippen molar-refractivity contribution >= 4 is 50.6 Å². The summed E-state index contributed by atoms with van der Waals surface area (Å²) in [4.78, 5) is 38.8. The van der Waals surface area contributed by atoms with Crippen LogP contribution in [0.3, 0.4) is 0 Å². The van der Waals surface area contributed by atoms with Gasteiger partial charge in [0, 0.05) is 43.8 Å². The summed E-state index contributed by atoms with van der Waals surface area (Å²) in [5, 5.41) is 7.47. The van der Waals surface area contributed by atoms with E-state index in [0.717, 1.165) is 36.9 Å². The van der Waals surface area contributed by atoms with E-state index in [0.29, 0.717) is 54.5 Å². The molecule has 3 aliphatic rings. The molecule has 2 saturated heterocycles. The molecule has 0 bridgehead atoms. The lowest BCUT2D eigenvalue weighted by atomic mass is 9.97. The van der Waals surface area contributed by atoms with Gasteiger partial charge in [0.25, 0.3) is 0 Å². The monoisotopic (exact) mass is 580 g/mol. The molecule has 38 heavy (non-hydrogen) atoms. The zero-order chi connectivity index (χ0) is 26.9. The first-order valence-electron chi connectivity index (χ1n) is 12.6. The third-order valence-corrected chi connectivity index (χ3v) is 8.83. The number of amides is 2. The summed E-state index contributed by atoms with van der Waals surface area (Å²) in [6.07, 6.45) is 4.76. The first kappa shape index (κ1) is 26.9. The number of piperidine rings is 2. The Morgan fingerprint density at radius 3 is 2.76 bits per heavy atom. The van der Waals surface area contributed by atoms with Crippen molar-refractivity contribution in [1.29, 1.82) is 0 Å². The number of aromatic nitrogens is 1. The summed E-state index contributed by atoms with van der Waals surface area (Å²) in [5.41, 5.74) is 1.80.